The van der Waals surface area contributed by atoms with E-state index in [2.05, 4.69) is 9.88 Å². The van der Waals surface area contributed by atoms with E-state index in [9.17, 15) is 14.5 Å². The van der Waals surface area contributed by atoms with Gasteiger partial charge >= 0.3 is 0 Å². The molecule has 1 heterocycles. The number of anilines is 1. The van der Waals surface area contributed by atoms with Gasteiger partial charge in [-0.05, 0) is 31.5 Å². The number of aryl methyl sites for hydroxylation is 1. The molecule has 0 spiro atoms. The summed E-state index contributed by atoms with van der Waals surface area (Å²) >= 11 is 0. The minimum Gasteiger partial charge on any atom is -0.381 e. The van der Waals surface area contributed by atoms with Crippen LogP contribution < -0.4 is 5.32 Å². The summed E-state index contributed by atoms with van der Waals surface area (Å²) in [6.07, 6.45) is 0. The second kappa shape index (κ2) is 5.32. The van der Waals surface area contributed by atoms with Crippen LogP contribution in [0.15, 0.2) is 24.3 Å². The monoisotopic (exact) mass is 277 g/mol. The maximum Gasteiger partial charge on any atom is 0.274 e. The van der Waals surface area contributed by atoms with Crippen molar-refractivity contribution < 1.29 is 9.31 Å². The number of aromatic nitrogens is 1. The third-order valence-electron chi connectivity index (χ3n) is 3.46. The van der Waals surface area contributed by atoms with Crippen molar-refractivity contribution in [2.24, 2.45) is 7.05 Å². The fourth-order valence-corrected chi connectivity index (χ4v) is 2.09. The van der Waals surface area contributed by atoms with Gasteiger partial charge < -0.3 is 9.88 Å². The molecule has 0 radical (unpaired) electrons. The first-order valence-electron chi connectivity index (χ1n) is 6.19. The summed E-state index contributed by atoms with van der Waals surface area (Å²) in [6.45, 7) is 4.50. The molecule has 0 aliphatic rings. The number of benzene rings is 1. The molecule has 20 heavy (non-hydrogen) atoms. The predicted octanol–water partition coefficient (Wildman–Crippen LogP) is 3.30. The van der Waals surface area contributed by atoms with Gasteiger partial charge in [0.1, 0.15) is 5.82 Å². The first-order chi connectivity index (χ1) is 9.38. The van der Waals surface area contributed by atoms with E-state index in [0.29, 0.717) is 12.2 Å². The largest absolute Gasteiger partial charge is 0.381 e. The highest BCUT2D eigenvalue weighted by Crippen LogP contribution is 2.21. The zero-order valence-corrected chi connectivity index (χ0v) is 11.6. The number of hydrogen-bond donors (Lipinski definition) is 1. The molecule has 2 rings (SSSR count). The van der Waals surface area contributed by atoms with Crippen molar-refractivity contribution in [3.8, 4) is 0 Å². The molecule has 6 heteroatoms. The van der Waals surface area contributed by atoms with Crippen molar-refractivity contribution in [2.45, 2.75) is 20.4 Å². The number of nitro benzene ring substituents is 1. The summed E-state index contributed by atoms with van der Waals surface area (Å²) in [7, 11) is 1.97. The Balaban J connectivity index is 2.18. The Kier molecular flexibility index (Phi) is 3.74. The van der Waals surface area contributed by atoms with E-state index in [1.807, 2.05) is 27.0 Å². The average Bonchev–Trinajstić information content (AvgIpc) is 2.63. The summed E-state index contributed by atoms with van der Waals surface area (Å²) in [4.78, 5) is 10.1. The molecule has 0 aliphatic carbocycles. The molecular formula is C14H16FN3O2. The van der Waals surface area contributed by atoms with Gasteiger partial charge in [0.2, 0.25) is 0 Å². The van der Waals surface area contributed by atoms with Crippen LogP contribution in [0.1, 0.15) is 17.0 Å². The zero-order valence-electron chi connectivity index (χ0n) is 11.6. The normalized spacial score (nSPS) is 10.6. The van der Waals surface area contributed by atoms with Gasteiger partial charge in [-0.1, -0.05) is 0 Å². The number of non-ortho nitro benzene ring substituents is 1. The van der Waals surface area contributed by atoms with Crippen LogP contribution in [0, 0.1) is 29.8 Å². The van der Waals surface area contributed by atoms with Crippen molar-refractivity contribution >= 4 is 11.4 Å². The van der Waals surface area contributed by atoms with Crippen molar-refractivity contribution in [3.63, 3.8) is 0 Å². The van der Waals surface area contributed by atoms with Gasteiger partial charge in [0.15, 0.2) is 0 Å². The second-order valence-electron chi connectivity index (χ2n) is 4.76. The van der Waals surface area contributed by atoms with Gasteiger partial charge in [0.25, 0.3) is 5.69 Å². The van der Waals surface area contributed by atoms with Crippen molar-refractivity contribution in [1.29, 1.82) is 0 Å². The van der Waals surface area contributed by atoms with Crippen LogP contribution in [-0.4, -0.2) is 9.49 Å². The van der Waals surface area contributed by atoms with Crippen molar-refractivity contribution in [2.75, 3.05) is 5.32 Å². The van der Waals surface area contributed by atoms with Crippen LogP contribution in [0.3, 0.4) is 0 Å². The number of nitrogens with zero attached hydrogens (tertiary/aromatic N) is 2. The molecule has 0 saturated carbocycles. The standard InChI is InChI=1S/C14H16FN3O2/c1-9-4-11(10(2)17(9)3)8-16-13-5-12(15)6-14(7-13)18(19)20/h4-7,16H,8H2,1-3H3. The Morgan fingerprint density at radius 3 is 2.55 bits per heavy atom. The minimum atomic E-state index is -0.623. The molecule has 0 atom stereocenters. The molecular weight excluding hydrogens is 261 g/mol. The molecule has 0 aliphatic heterocycles. The Morgan fingerprint density at radius 1 is 1.30 bits per heavy atom. The van der Waals surface area contributed by atoms with Gasteiger partial charge in [0, 0.05) is 36.7 Å². The van der Waals surface area contributed by atoms with Gasteiger partial charge in [-0.25, -0.2) is 4.39 Å². The van der Waals surface area contributed by atoms with Crippen LogP contribution in [0.4, 0.5) is 15.8 Å². The van der Waals surface area contributed by atoms with E-state index in [-0.39, 0.29) is 5.69 Å². The smallest absolute Gasteiger partial charge is 0.274 e. The molecule has 0 saturated heterocycles. The fourth-order valence-electron chi connectivity index (χ4n) is 2.09. The highest BCUT2D eigenvalue weighted by molar-refractivity contribution is 5.52. The highest BCUT2D eigenvalue weighted by Gasteiger charge is 2.11. The van der Waals surface area contributed by atoms with E-state index in [0.717, 1.165) is 23.0 Å². The van der Waals surface area contributed by atoms with Gasteiger partial charge in [0.05, 0.1) is 11.0 Å². The minimum absolute atomic E-state index is 0.256. The molecule has 0 unspecified atom stereocenters. The summed E-state index contributed by atoms with van der Waals surface area (Å²) in [5.74, 6) is -0.623. The Morgan fingerprint density at radius 2 is 2.00 bits per heavy atom. The maximum absolute atomic E-state index is 13.3. The van der Waals surface area contributed by atoms with E-state index in [1.54, 1.807) is 0 Å². The van der Waals surface area contributed by atoms with E-state index >= 15 is 0 Å². The van der Waals surface area contributed by atoms with Gasteiger partial charge in [-0.15, -0.1) is 0 Å². The summed E-state index contributed by atoms with van der Waals surface area (Å²) in [5.41, 5.74) is 3.47. The van der Waals surface area contributed by atoms with Gasteiger partial charge in [-0.2, -0.15) is 0 Å². The highest BCUT2D eigenvalue weighted by atomic mass is 19.1. The van der Waals surface area contributed by atoms with Crippen LogP contribution >= 0.6 is 0 Å². The molecule has 0 amide bonds. The molecule has 5 nitrogen and oxygen atoms in total. The lowest BCUT2D eigenvalue weighted by atomic mass is 10.2. The van der Waals surface area contributed by atoms with Crippen molar-refractivity contribution in [1.82, 2.24) is 4.57 Å². The molecule has 1 aromatic carbocycles. The summed E-state index contributed by atoms with van der Waals surface area (Å²) in [6, 6.07) is 5.52. The predicted molar refractivity (Wildman–Crippen MR) is 75.3 cm³/mol. The third kappa shape index (κ3) is 2.79. The van der Waals surface area contributed by atoms with Crippen LogP contribution in [0.25, 0.3) is 0 Å². The Labute approximate surface area is 116 Å². The molecule has 1 aromatic heterocycles. The van der Waals surface area contributed by atoms with Crippen LogP contribution in [0.2, 0.25) is 0 Å². The number of hydrogen-bond acceptors (Lipinski definition) is 3. The summed E-state index contributed by atoms with van der Waals surface area (Å²) in [5, 5.41) is 13.7. The molecule has 0 bridgehead atoms. The Hall–Kier alpha value is -2.37. The van der Waals surface area contributed by atoms with Crippen LogP contribution in [-0.2, 0) is 13.6 Å². The van der Waals surface area contributed by atoms with Crippen LogP contribution in [0.5, 0.6) is 0 Å². The lowest BCUT2D eigenvalue weighted by Gasteiger charge is -2.07. The molecule has 0 fully saturated rings. The fraction of sp³-hybridized carbons (Fsp3) is 0.286. The van der Waals surface area contributed by atoms with E-state index in [4.69, 9.17) is 0 Å². The topological polar surface area (TPSA) is 60.1 Å². The number of halogens is 1. The van der Waals surface area contributed by atoms with E-state index in [1.165, 1.54) is 12.1 Å². The number of nitro groups is 1. The third-order valence-corrected chi connectivity index (χ3v) is 3.46. The zero-order chi connectivity index (χ0) is 14.9. The number of rotatable bonds is 4. The first kappa shape index (κ1) is 14.0. The lowest BCUT2D eigenvalue weighted by molar-refractivity contribution is -0.385. The second-order valence-corrected chi connectivity index (χ2v) is 4.76. The SMILES string of the molecule is Cc1cc(CNc2cc(F)cc([N+](=O)[O-])c2)c(C)n1C. The van der Waals surface area contributed by atoms with Crippen molar-refractivity contribution in [3.05, 3.63) is 57.1 Å². The molecule has 1 N–H and O–H groups in total. The lowest BCUT2D eigenvalue weighted by Crippen LogP contribution is -2.02. The number of nitrogens with one attached hydrogen (secondary N) is 1. The molecule has 2 aromatic rings. The van der Waals surface area contributed by atoms with E-state index < -0.39 is 10.7 Å². The summed E-state index contributed by atoms with van der Waals surface area (Å²) < 4.78 is 15.4. The first-order valence-corrected chi connectivity index (χ1v) is 6.19. The average molecular weight is 277 g/mol. The Bertz CT molecular complexity index is 665. The maximum atomic E-state index is 13.3. The quantitative estimate of drug-likeness (QED) is 0.689. The van der Waals surface area contributed by atoms with Gasteiger partial charge in [-0.3, -0.25) is 10.1 Å². The molecule has 106 valence electrons.